The largest absolute Gasteiger partial charge is 0.395 e. The molecule has 84 valence electrons. The molecule has 0 fully saturated rings. The van der Waals surface area contributed by atoms with Gasteiger partial charge in [0.05, 0.1) is 21.7 Å². The van der Waals surface area contributed by atoms with Gasteiger partial charge in [-0.3, -0.25) is 10.1 Å². The van der Waals surface area contributed by atoms with E-state index in [1.807, 2.05) is 0 Å². The third kappa shape index (κ3) is 2.10. The maximum absolute atomic E-state index is 10.6. The number of nitro benzene ring substituents is 1. The average molecular weight is 239 g/mol. The van der Waals surface area contributed by atoms with E-state index >= 15 is 0 Å². The lowest BCUT2D eigenvalue weighted by Gasteiger charge is -1.95. The molecule has 0 spiro atoms. The molecule has 0 aliphatic carbocycles. The fourth-order valence-electron chi connectivity index (χ4n) is 1.27. The molecule has 0 unspecified atom stereocenters. The second-order valence-electron chi connectivity index (χ2n) is 3.08. The first kappa shape index (κ1) is 10.8. The highest BCUT2D eigenvalue weighted by Gasteiger charge is 2.09. The molecule has 0 aliphatic heterocycles. The van der Waals surface area contributed by atoms with Crippen molar-refractivity contribution in [1.29, 1.82) is 0 Å². The molecule has 2 aromatic rings. The van der Waals surface area contributed by atoms with Crippen LogP contribution in [0.2, 0.25) is 0 Å². The summed E-state index contributed by atoms with van der Waals surface area (Å²) >= 11 is 1.33. The molecule has 16 heavy (non-hydrogen) atoms. The summed E-state index contributed by atoms with van der Waals surface area (Å²) < 4.78 is 0.759. The number of thiazole rings is 1. The van der Waals surface area contributed by atoms with Gasteiger partial charge in [-0.1, -0.05) is 11.3 Å². The van der Waals surface area contributed by atoms with Gasteiger partial charge in [0.15, 0.2) is 5.13 Å². The van der Waals surface area contributed by atoms with Gasteiger partial charge >= 0.3 is 0 Å². The van der Waals surface area contributed by atoms with Crippen molar-refractivity contribution in [3.63, 3.8) is 0 Å². The topological polar surface area (TPSA) is 88.3 Å². The Morgan fingerprint density at radius 2 is 2.38 bits per heavy atom. The summed E-state index contributed by atoms with van der Waals surface area (Å²) in [7, 11) is 0. The number of nitrogens with zero attached hydrogens (tertiary/aromatic N) is 2. The molecule has 7 heteroatoms. The molecule has 0 saturated carbocycles. The van der Waals surface area contributed by atoms with Crippen LogP contribution in [0.5, 0.6) is 0 Å². The zero-order valence-electron chi connectivity index (χ0n) is 8.21. The van der Waals surface area contributed by atoms with Crippen molar-refractivity contribution < 1.29 is 10.0 Å². The number of benzene rings is 1. The van der Waals surface area contributed by atoms with Crippen molar-refractivity contribution in [2.75, 3.05) is 18.5 Å². The Kier molecular flexibility index (Phi) is 2.97. The van der Waals surface area contributed by atoms with Crippen LogP contribution in [0.4, 0.5) is 10.8 Å². The smallest absolute Gasteiger partial charge is 0.270 e. The van der Waals surface area contributed by atoms with Gasteiger partial charge in [0.25, 0.3) is 5.69 Å². The molecule has 0 aliphatic rings. The minimum absolute atomic E-state index is 0.0239. The van der Waals surface area contributed by atoms with Crippen molar-refractivity contribution in [3.8, 4) is 0 Å². The van der Waals surface area contributed by atoms with Crippen LogP contribution in [0.25, 0.3) is 10.2 Å². The summed E-state index contributed by atoms with van der Waals surface area (Å²) in [6.45, 7) is 0.442. The molecule has 6 nitrogen and oxygen atoms in total. The number of aliphatic hydroxyl groups excluding tert-OH is 1. The van der Waals surface area contributed by atoms with E-state index in [9.17, 15) is 10.1 Å². The Morgan fingerprint density at radius 1 is 1.56 bits per heavy atom. The number of anilines is 1. The lowest BCUT2D eigenvalue weighted by Crippen LogP contribution is -2.04. The van der Waals surface area contributed by atoms with Crippen molar-refractivity contribution in [2.24, 2.45) is 0 Å². The quantitative estimate of drug-likeness (QED) is 0.625. The summed E-state index contributed by atoms with van der Waals surface area (Å²) in [5.41, 5.74) is 0.779. The molecule has 1 aromatic carbocycles. The Labute approximate surface area is 94.7 Å². The molecule has 2 rings (SSSR count). The number of nitrogens with one attached hydrogen (secondary N) is 1. The van der Waals surface area contributed by atoms with E-state index in [0.717, 1.165) is 10.2 Å². The van der Waals surface area contributed by atoms with Gasteiger partial charge in [0, 0.05) is 18.7 Å². The van der Waals surface area contributed by atoms with Crippen LogP contribution >= 0.6 is 11.3 Å². The Balaban J connectivity index is 2.34. The fourth-order valence-corrected chi connectivity index (χ4v) is 2.19. The second-order valence-corrected chi connectivity index (χ2v) is 4.11. The predicted octanol–water partition coefficient (Wildman–Crippen LogP) is 1.61. The minimum atomic E-state index is -0.431. The molecule has 2 N–H and O–H groups in total. The number of nitro groups is 1. The molecular weight excluding hydrogens is 230 g/mol. The first-order valence-corrected chi connectivity index (χ1v) is 5.42. The monoisotopic (exact) mass is 239 g/mol. The molecular formula is C9H9N3O3S. The Bertz CT molecular complexity index is 526. The van der Waals surface area contributed by atoms with E-state index in [0.29, 0.717) is 11.7 Å². The lowest BCUT2D eigenvalue weighted by atomic mass is 10.3. The summed E-state index contributed by atoms with van der Waals surface area (Å²) in [6.07, 6.45) is 0. The normalized spacial score (nSPS) is 10.6. The van der Waals surface area contributed by atoms with Gasteiger partial charge in [-0.25, -0.2) is 4.98 Å². The van der Waals surface area contributed by atoms with Gasteiger partial charge in [-0.15, -0.1) is 0 Å². The number of aromatic nitrogens is 1. The zero-order valence-corrected chi connectivity index (χ0v) is 9.03. The third-order valence-electron chi connectivity index (χ3n) is 1.97. The zero-order chi connectivity index (χ0) is 11.5. The Hall–Kier alpha value is -1.73. The number of hydrogen-bond acceptors (Lipinski definition) is 6. The second kappa shape index (κ2) is 4.42. The third-order valence-corrected chi connectivity index (χ3v) is 2.95. The molecule has 0 amide bonds. The van der Waals surface area contributed by atoms with E-state index < -0.39 is 4.92 Å². The summed E-state index contributed by atoms with van der Waals surface area (Å²) in [6, 6.07) is 4.54. The van der Waals surface area contributed by atoms with Crippen LogP contribution in [-0.4, -0.2) is 28.2 Å². The van der Waals surface area contributed by atoms with E-state index in [2.05, 4.69) is 10.3 Å². The van der Waals surface area contributed by atoms with E-state index in [1.54, 1.807) is 6.07 Å². The van der Waals surface area contributed by atoms with Crippen LogP contribution < -0.4 is 5.32 Å². The maximum Gasteiger partial charge on any atom is 0.270 e. The van der Waals surface area contributed by atoms with Gasteiger partial charge in [0.2, 0.25) is 0 Å². The van der Waals surface area contributed by atoms with Crippen molar-refractivity contribution in [3.05, 3.63) is 28.3 Å². The fraction of sp³-hybridized carbons (Fsp3) is 0.222. The molecule has 0 atom stereocenters. The van der Waals surface area contributed by atoms with Crippen molar-refractivity contribution >= 4 is 32.4 Å². The van der Waals surface area contributed by atoms with E-state index in [1.165, 1.54) is 23.5 Å². The van der Waals surface area contributed by atoms with Crippen LogP contribution in [0, 0.1) is 10.1 Å². The van der Waals surface area contributed by atoms with Crippen LogP contribution in [0.3, 0.4) is 0 Å². The summed E-state index contributed by atoms with van der Waals surface area (Å²) in [5.74, 6) is 0. The van der Waals surface area contributed by atoms with E-state index in [-0.39, 0.29) is 12.3 Å². The van der Waals surface area contributed by atoms with Gasteiger partial charge in [0.1, 0.15) is 0 Å². The SMILES string of the molecule is O=[N+]([O-])c1ccc2nc(NCCO)sc2c1. The van der Waals surface area contributed by atoms with Crippen LogP contribution in [-0.2, 0) is 0 Å². The highest BCUT2D eigenvalue weighted by atomic mass is 32.1. The molecule has 0 saturated heterocycles. The van der Waals surface area contributed by atoms with Crippen LogP contribution in [0.15, 0.2) is 18.2 Å². The van der Waals surface area contributed by atoms with Crippen LogP contribution in [0.1, 0.15) is 0 Å². The standard InChI is InChI=1S/C9H9N3O3S/c13-4-3-10-9-11-7-2-1-6(12(14)15)5-8(7)16-9/h1-2,5,13H,3-4H2,(H,10,11). The molecule has 1 aromatic heterocycles. The van der Waals surface area contributed by atoms with Gasteiger partial charge < -0.3 is 10.4 Å². The number of rotatable bonds is 4. The highest BCUT2D eigenvalue weighted by molar-refractivity contribution is 7.22. The summed E-state index contributed by atoms with van der Waals surface area (Å²) in [4.78, 5) is 14.4. The molecule has 0 radical (unpaired) electrons. The predicted molar refractivity (Wildman–Crippen MR) is 61.8 cm³/mol. The Morgan fingerprint density at radius 3 is 3.06 bits per heavy atom. The highest BCUT2D eigenvalue weighted by Crippen LogP contribution is 2.28. The first-order chi connectivity index (χ1) is 7.70. The lowest BCUT2D eigenvalue weighted by molar-refractivity contribution is -0.384. The summed E-state index contributed by atoms with van der Waals surface area (Å²) in [5, 5.41) is 22.8. The first-order valence-electron chi connectivity index (χ1n) is 4.60. The van der Waals surface area contributed by atoms with Gasteiger partial charge in [-0.05, 0) is 6.07 Å². The number of hydrogen-bond donors (Lipinski definition) is 2. The average Bonchev–Trinajstić information content (AvgIpc) is 2.67. The number of aliphatic hydroxyl groups is 1. The van der Waals surface area contributed by atoms with E-state index in [4.69, 9.17) is 5.11 Å². The molecule has 1 heterocycles. The number of fused-ring (bicyclic) bond motifs is 1. The maximum atomic E-state index is 10.6. The number of non-ortho nitro benzene ring substituents is 1. The van der Waals surface area contributed by atoms with Crippen molar-refractivity contribution in [1.82, 2.24) is 4.98 Å². The minimum Gasteiger partial charge on any atom is -0.395 e. The van der Waals surface area contributed by atoms with Gasteiger partial charge in [-0.2, -0.15) is 0 Å². The van der Waals surface area contributed by atoms with Crippen molar-refractivity contribution in [2.45, 2.75) is 0 Å². The molecule has 0 bridgehead atoms.